The second kappa shape index (κ2) is 5.17. The highest BCUT2D eigenvalue weighted by atomic mass is 32.1. The van der Waals surface area contributed by atoms with E-state index in [1.165, 1.54) is 0 Å². The van der Waals surface area contributed by atoms with Crippen LogP contribution in [0.4, 0.5) is 0 Å². The van der Waals surface area contributed by atoms with Gasteiger partial charge in [-0.05, 0) is 30.8 Å². The normalized spacial score (nSPS) is 20.6. The monoisotopic (exact) mass is 265 g/mol. The fourth-order valence-corrected chi connectivity index (χ4v) is 2.96. The summed E-state index contributed by atoms with van der Waals surface area (Å²) in [4.78, 5) is 7.61. The van der Waals surface area contributed by atoms with Crippen LogP contribution < -0.4 is 0 Å². The lowest BCUT2D eigenvalue weighted by Gasteiger charge is -2.20. The Bertz CT molecular complexity index is 497. The molecule has 1 aliphatic rings. The number of aromatic nitrogens is 2. The van der Waals surface area contributed by atoms with Gasteiger partial charge in [0.1, 0.15) is 0 Å². The molecule has 1 N–H and O–H groups in total. The van der Waals surface area contributed by atoms with Crippen LogP contribution in [0.1, 0.15) is 18.7 Å². The highest BCUT2D eigenvalue weighted by Gasteiger charge is 2.25. The van der Waals surface area contributed by atoms with E-state index in [9.17, 15) is 5.11 Å². The Morgan fingerprint density at radius 3 is 3.28 bits per heavy atom. The lowest BCUT2D eigenvalue weighted by molar-refractivity contribution is 0.141. The molecule has 2 aromatic rings. The first-order valence-electron chi connectivity index (χ1n) is 6.08. The molecule has 0 saturated carbocycles. The summed E-state index contributed by atoms with van der Waals surface area (Å²) < 4.78 is 5.27. The largest absolute Gasteiger partial charge is 0.395 e. The first kappa shape index (κ1) is 11.8. The lowest BCUT2D eigenvalue weighted by Crippen LogP contribution is -2.31. The molecular weight excluding hydrogens is 250 g/mol. The lowest BCUT2D eigenvalue weighted by atomic mass is 10.2. The highest BCUT2D eigenvalue weighted by Crippen LogP contribution is 2.23. The minimum Gasteiger partial charge on any atom is -0.395 e. The van der Waals surface area contributed by atoms with Gasteiger partial charge in [0.25, 0.3) is 0 Å². The van der Waals surface area contributed by atoms with Crippen LogP contribution >= 0.6 is 11.3 Å². The Morgan fingerprint density at radius 2 is 2.50 bits per heavy atom. The predicted molar refractivity (Wildman–Crippen MR) is 68.1 cm³/mol. The van der Waals surface area contributed by atoms with Crippen molar-refractivity contribution in [3.63, 3.8) is 0 Å². The van der Waals surface area contributed by atoms with Gasteiger partial charge in [-0.3, -0.25) is 4.90 Å². The summed E-state index contributed by atoms with van der Waals surface area (Å²) in [5.74, 6) is 1.28. The van der Waals surface area contributed by atoms with Gasteiger partial charge in [-0.25, -0.2) is 0 Å². The third kappa shape index (κ3) is 2.31. The van der Waals surface area contributed by atoms with Crippen molar-refractivity contribution in [1.29, 1.82) is 0 Å². The van der Waals surface area contributed by atoms with Crippen LogP contribution in [0.2, 0.25) is 0 Å². The minimum absolute atomic E-state index is 0.200. The van der Waals surface area contributed by atoms with Gasteiger partial charge in [-0.15, -0.1) is 11.3 Å². The number of rotatable bonds is 4. The summed E-state index contributed by atoms with van der Waals surface area (Å²) >= 11 is 1.60. The van der Waals surface area contributed by atoms with Crippen LogP contribution in [0.15, 0.2) is 22.0 Å². The zero-order chi connectivity index (χ0) is 12.4. The molecule has 0 unspecified atom stereocenters. The van der Waals surface area contributed by atoms with Crippen molar-refractivity contribution in [2.45, 2.75) is 25.4 Å². The third-order valence-electron chi connectivity index (χ3n) is 3.26. The Kier molecular flexibility index (Phi) is 3.40. The molecule has 1 saturated heterocycles. The summed E-state index contributed by atoms with van der Waals surface area (Å²) in [5, 5.41) is 15.2. The second-order valence-electron chi connectivity index (χ2n) is 4.44. The number of aliphatic hydroxyl groups excluding tert-OH is 1. The Balaban J connectivity index is 1.70. The summed E-state index contributed by atoms with van der Waals surface area (Å²) in [5.41, 5.74) is 0. The molecule has 3 rings (SSSR count). The van der Waals surface area contributed by atoms with Crippen molar-refractivity contribution >= 4 is 11.3 Å². The van der Waals surface area contributed by atoms with E-state index < -0.39 is 0 Å². The average Bonchev–Trinajstić information content (AvgIpc) is 3.10. The van der Waals surface area contributed by atoms with Gasteiger partial charge in [0.2, 0.25) is 11.7 Å². The van der Waals surface area contributed by atoms with E-state index in [1.54, 1.807) is 11.3 Å². The molecule has 1 atom stereocenters. The fourth-order valence-electron chi connectivity index (χ4n) is 2.31. The van der Waals surface area contributed by atoms with Gasteiger partial charge in [0, 0.05) is 6.04 Å². The standard InChI is InChI=1S/C12H15N3O2S/c16-8-9-3-1-5-15(9)7-11-13-12(14-17-11)10-4-2-6-18-10/h2,4,6,9,16H,1,3,5,7-8H2/t9-/m1/s1. The SMILES string of the molecule is OC[C@H]1CCCN1Cc1nc(-c2cccs2)no1. The molecule has 5 nitrogen and oxygen atoms in total. The van der Waals surface area contributed by atoms with Crippen LogP contribution in [0.25, 0.3) is 10.7 Å². The minimum atomic E-state index is 0.200. The van der Waals surface area contributed by atoms with E-state index >= 15 is 0 Å². The van der Waals surface area contributed by atoms with Crippen LogP contribution in [-0.2, 0) is 6.54 Å². The topological polar surface area (TPSA) is 62.4 Å². The molecule has 0 amide bonds. The van der Waals surface area contributed by atoms with Crippen LogP contribution in [-0.4, -0.2) is 39.3 Å². The molecule has 6 heteroatoms. The van der Waals surface area contributed by atoms with Crippen molar-refractivity contribution in [2.75, 3.05) is 13.2 Å². The quantitative estimate of drug-likeness (QED) is 0.912. The van der Waals surface area contributed by atoms with Crippen LogP contribution in [0.5, 0.6) is 0 Å². The smallest absolute Gasteiger partial charge is 0.241 e. The van der Waals surface area contributed by atoms with Crippen LogP contribution in [0, 0.1) is 0 Å². The van der Waals surface area contributed by atoms with Gasteiger partial charge in [-0.1, -0.05) is 11.2 Å². The zero-order valence-corrected chi connectivity index (χ0v) is 10.8. The van der Waals surface area contributed by atoms with E-state index in [2.05, 4.69) is 15.0 Å². The van der Waals surface area contributed by atoms with Crippen molar-refractivity contribution in [2.24, 2.45) is 0 Å². The van der Waals surface area contributed by atoms with Gasteiger partial charge in [0.05, 0.1) is 18.0 Å². The van der Waals surface area contributed by atoms with Crippen molar-refractivity contribution in [1.82, 2.24) is 15.0 Å². The molecule has 0 bridgehead atoms. The van der Waals surface area contributed by atoms with Crippen LogP contribution in [0.3, 0.4) is 0 Å². The molecule has 3 heterocycles. The van der Waals surface area contributed by atoms with Crippen molar-refractivity contribution in [3.05, 3.63) is 23.4 Å². The molecular formula is C12H15N3O2S. The molecule has 1 fully saturated rings. The maximum atomic E-state index is 9.26. The molecule has 1 aliphatic heterocycles. The van der Waals surface area contributed by atoms with E-state index in [-0.39, 0.29) is 12.6 Å². The number of thiophene rings is 1. The summed E-state index contributed by atoms with van der Waals surface area (Å²) in [6, 6.07) is 4.19. The Hall–Kier alpha value is -1.24. The first-order chi connectivity index (χ1) is 8.86. The summed E-state index contributed by atoms with van der Waals surface area (Å²) in [6.45, 7) is 1.82. The molecule has 96 valence electrons. The Labute approximate surface area is 109 Å². The van der Waals surface area contributed by atoms with Gasteiger partial charge < -0.3 is 9.63 Å². The number of likely N-dealkylation sites (tertiary alicyclic amines) is 1. The summed E-state index contributed by atoms with van der Waals surface area (Å²) in [7, 11) is 0. The van der Waals surface area contributed by atoms with Gasteiger partial charge in [-0.2, -0.15) is 4.98 Å². The maximum Gasteiger partial charge on any atom is 0.241 e. The van der Waals surface area contributed by atoms with Gasteiger partial charge in [0.15, 0.2) is 0 Å². The van der Waals surface area contributed by atoms with Crippen molar-refractivity contribution < 1.29 is 9.63 Å². The second-order valence-corrected chi connectivity index (χ2v) is 5.39. The number of nitrogens with zero attached hydrogens (tertiary/aromatic N) is 3. The Morgan fingerprint density at radius 1 is 1.56 bits per heavy atom. The first-order valence-corrected chi connectivity index (χ1v) is 6.96. The zero-order valence-electron chi connectivity index (χ0n) is 9.95. The maximum absolute atomic E-state index is 9.26. The predicted octanol–water partition coefficient (Wildman–Crippen LogP) is 1.75. The fraction of sp³-hybridized carbons (Fsp3) is 0.500. The highest BCUT2D eigenvalue weighted by molar-refractivity contribution is 7.13. The number of aliphatic hydroxyl groups is 1. The number of hydrogen-bond donors (Lipinski definition) is 1. The molecule has 0 spiro atoms. The molecule has 2 aromatic heterocycles. The molecule has 18 heavy (non-hydrogen) atoms. The average molecular weight is 265 g/mol. The molecule has 0 aromatic carbocycles. The molecule has 0 radical (unpaired) electrons. The van der Waals surface area contributed by atoms with E-state index in [0.717, 1.165) is 24.3 Å². The third-order valence-corrected chi connectivity index (χ3v) is 4.12. The van der Waals surface area contributed by atoms with Gasteiger partial charge >= 0.3 is 0 Å². The van der Waals surface area contributed by atoms with E-state index in [4.69, 9.17) is 4.52 Å². The van der Waals surface area contributed by atoms with Crippen molar-refractivity contribution in [3.8, 4) is 10.7 Å². The van der Waals surface area contributed by atoms with E-state index in [0.29, 0.717) is 18.3 Å². The van der Waals surface area contributed by atoms with E-state index in [1.807, 2.05) is 17.5 Å². The summed E-state index contributed by atoms with van der Waals surface area (Å²) in [6.07, 6.45) is 2.17. The molecule has 0 aliphatic carbocycles. The number of hydrogen-bond acceptors (Lipinski definition) is 6.